The zero-order chi connectivity index (χ0) is 20.6. The van der Waals surface area contributed by atoms with Crippen molar-refractivity contribution in [2.24, 2.45) is 11.7 Å². The van der Waals surface area contributed by atoms with Gasteiger partial charge in [0.15, 0.2) is 0 Å². The van der Waals surface area contributed by atoms with Crippen LogP contribution in [-0.4, -0.2) is 35.6 Å². The van der Waals surface area contributed by atoms with Crippen LogP contribution in [0.1, 0.15) is 29.5 Å². The molecule has 2 amide bonds. The van der Waals surface area contributed by atoms with Gasteiger partial charge >= 0.3 is 0 Å². The number of thioether (sulfide) groups is 1. The lowest BCUT2D eigenvalue weighted by molar-refractivity contribution is -0.123. The average Bonchev–Trinajstić information content (AvgIpc) is 2.70. The number of amides is 2. The molecule has 1 fully saturated rings. The predicted molar refractivity (Wildman–Crippen MR) is 120 cm³/mol. The normalized spacial score (nSPS) is 15.2. The zero-order valence-corrected chi connectivity index (χ0v) is 17.7. The van der Waals surface area contributed by atoms with Gasteiger partial charge in [-0.25, -0.2) is 0 Å². The fraction of sp³-hybridized carbons (Fsp3) is 0.391. The molecule has 1 aliphatic heterocycles. The van der Waals surface area contributed by atoms with Crippen molar-refractivity contribution in [2.45, 2.75) is 32.1 Å². The van der Waals surface area contributed by atoms with Gasteiger partial charge in [0.05, 0.1) is 5.75 Å². The summed E-state index contributed by atoms with van der Waals surface area (Å²) < 4.78 is 0. The molecule has 29 heavy (non-hydrogen) atoms. The molecule has 0 aromatic heterocycles. The van der Waals surface area contributed by atoms with Gasteiger partial charge in [-0.3, -0.25) is 14.5 Å². The van der Waals surface area contributed by atoms with E-state index in [0.29, 0.717) is 5.75 Å². The number of anilines is 1. The first-order valence-corrected chi connectivity index (χ1v) is 11.2. The third kappa shape index (κ3) is 6.91. The Labute approximate surface area is 177 Å². The Bertz CT molecular complexity index is 830. The molecule has 0 atom stereocenters. The molecule has 5 nitrogen and oxygen atoms in total. The van der Waals surface area contributed by atoms with Crippen LogP contribution >= 0.6 is 11.8 Å². The molecule has 0 bridgehead atoms. The molecule has 6 heteroatoms. The summed E-state index contributed by atoms with van der Waals surface area (Å²) in [7, 11) is 0. The Morgan fingerprint density at radius 2 is 1.83 bits per heavy atom. The molecule has 0 saturated carbocycles. The number of aryl methyl sites for hydroxylation is 1. The van der Waals surface area contributed by atoms with Crippen LogP contribution in [0.4, 0.5) is 5.69 Å². The lowest BCUT2D eigenvalue weighted by Gasteiger charge is -2.30. The van der Waals surface area contributed by atoms with Crippen molar-refractivity contribution in [3.05, 3.63) is 65.2 Å². The number of primary amides is 1. The molecular formula is C23H29N3O2S. The van der Waals surface area contributed by atoms with Crippen LogP contribution in [-0.2, 0) is 21.9 Å². The maximum atomic E-state index is 12.3. The molecule has 154 valence electrons. The molecule has 1 saturated heterocycles. The summed E-state index contributed by atoms with van der Waals surface area (Å²) >= 11 is 1.62. The number of rotatable bonds is 8. The lowest BCUT2D eigenvalue weighted by atomic mass is 9.96. The number of carbonyl (C=O) groups is 2. The van der Waals surface area contributed by atoms with E-state index in [1.54, 1.807) is 11.8 Å². The molecule has 2 aromatic rings. The van der Waals surface area contributed by atoms with E-state index < -0.39 is 0 Å². The molecular weight excluding hydrogens is 382 g/mol. The number of nitrogens with zero attached hydrogens (tertiary/aromatic N) is 1. The van der Waals surface area contributed by atoms with Gasteiger partial charge in [-0.05, 0) is 56.1 Å². The minimum atomic E-state index is -0.186. The molecule has 3 rings (SSSR count). The quantitative estimate of drug-likeness (QED) is 0.696. The van der Waals surface area contributed by atoms with E-state index >= 15 is 0 Å². The van der Waals surface area contributed by atoms with Crippen molar-refractivity contribution in [3.63, 3.8) is 0 Å². The number of carbonyl (C=O) groups excluding carboxylic acids is 2. The van der Waals surface area contributed by atoms with E-state index in [9.17, 15) is 9.59 Å². The maximum Gasteiger partial charge on any atom is 0.234 e. The Morgan fingerprint density at radius 3 is 2.52 bits per heavy atom. The summed E-state index contributed by atoms with van der Waals surface area (Å²) in [6, 6.07) is 16.4. The molecule has 1 aliphatic rings. The summed E-state index contributed by atoms with van der Waals surface area (Å²) in [4.78, 5) is 25.9. The van der Waals surface area contributed by atoms with E-state index in [1.807, 2.05) is 18.2 Å². The van der Waals surface area contributed by atoms with Crippen LogP contribution in [0.3, 0.4) is 0 Å². The maximum absolute atomic E-state index is 12.3. The SMILES string of the molecule is Cc1ccc(CSCC(=O)Nc2cccc(CN3CCC(C(N)=O)CC3)c2)cc1. The fourth-order valence-corrected chi connectivity index (χ4v) is 4.31. The van der Waals surface area contributed by atoms with Crippen LogP contribution in [0, 0.1) is 12.8 Å². The zero-order valence-electron chi connectivity index (χ0n) is 16.9. The Balaban J connectivity index is 1.43. The van der Waals surface area contributed by atoms with Crippen molar-refractivity contribution < 1.29 is 9.59 Å². The van der Waals surface area contributed by atoms with Crippen LogP contribution < -0.4 is 11.1 Å². The smallest absolute Gasteiger partial charge is 0.234 e. The highest BCUT2D eigenvalue weighted by molar-refractivity contribution is 7.99. The summed E-state index contributed by atoms with van der Waals surface area (Å²) in [5, 5.41) is 3.00. The fourth-order valence-electron chi connectivity index (χ4n) is 3.52. The first-order chi connectivity index (χ1) is 14.0. The number of hydrogen-bond acceptors (Lipinski definition) is 4. The topological polar surface area (TPSA) is 75.4 Å². The number of piperidine rings is 1. The van der Waals surface area contributed by atoms with E-state index in [1.165, 1.54) is 11.1 Å². The van der Waals surface area contributed by atoms with Crippen molar-refractivity contribution in [1.29, 1.82) is 0 Å². The van der Waals surface area contributed by atoms with Gasteiger partial charge in [0.25, 0.3) is 0 Å². The lowest BCUT2D eigenvalue weighted by Crippen LogP contribution is -2.38. The van der Waals surface area contributed by atoms with E-state index in [4.69, 9.17) is 5.73 Å². The predicted octanol–water partition coefficient (Wildman–Crippen LogP) is 3.56. The minimum Gasteiger partial charge on any atom is -0.369 e. The van der Waals surface area contributed by atoms with Crippen molar-refractivity contribution in [2.75, 3.05) is 24.2 Å². The molecule has 1 heterocycles. The third-order valence-corrected chi connectivity index (χ3v) is 6.23. The van der Waals surface area contributed by atoms with Crippen LogP contribution in [0.5, 0.6) is 0 Å². The minimum absolute atomic E-state index is 0.00859. The van der Waals surface area contributed by atoms with E-state index in [2.05, 4.69) is 47.5 Å². The Kier molecular flexibility index (Phi) is 7.72. The van der Waals surface area contributed by atoms with Gasteiger partial charge in [0.2, 0.25) is 11.8 Å². The molecule has 0 aliphatic carbocycles. The molecule has 0 unspecified atom stereocenters. The van der Waals surface area contributed by atoms with E-state index in [-0.39, 0.29) is 17.7 Å². The van der Waals surface area contributed by atoms with Gasteiger partial charge in [0.1, 0.15) is 0 Å². The van der Waals surface area contributed by atoms with Gasteiger partial charge < -0.3 is 11.1 Å². The first-order valence-electron chi connectivity index (χ1n) is 10.0. The van der Waals surface area contributed by atoms with Crippen LogP contribution in [0.2, 0.25) is 0 Å². The standard InChI is InChI=1S/C23H29N3O2S/c1-17-5-7-18(8-6-17)15-29-16-22(27)25-21-4-2-3-19(13-21)14-26-11-9-20(10-12-26)23(24)28/h2-8,13,20H,9-12,14-16H2,1H3,(H2,24,28)(H,25,27). The van der Waals surface area contributed by atoms with Crippen molar-refractivity contribution >= 4 is 29.3 Å². The van der Waals surface area contributed by atoms with E-state index in [0.717, 1.165) is 49.5 Å². The monoisotopic (exact) mass is 411 g/mol. The molecule has 3 N–H and O–H groups in total. The van der Waals surface area contributed by atoms with Gasteiger partial charge in [-0.15, -0.1) is 11.8 Å². The summed E-state index contributed by atoms with van der Waals surface area (Å²) in [5.74, 6) is 1.10. The highest BCUT2D eigenvalue weighted by Crippen LogP contribution is 2.20. The molecule has 0 spiro atoms. The van der Waals surface area contributed by atoms with Gasteiger partial charge in [-0.1, -0.05) is 42.0 Å². The summed E-state index contributed by atoms with van der Waals surface area (Å²) in [6.45, 7) is 4.64. The second-order valence-electron chi connectivity index (χ2n) is 7.68. The number of benzene rings is 2. The Morgan fingerprint density at radius 1 is 1.10 bits per heavy atom. The van der Waals surface area contributed by atoms with Crippen molar-refractivity contribution in [3.8, 4) is 0 Å². The highest BCUT2D eigenvalue weighted by Gasteiger charge is 2.22. The first kappa shape index (κ1) is 21.4. The largest absolute Gasteiger partial charge is 0.369 e. The third-order valence-electron chi connectivity index (χ3n) is 5.23. The number of hydrogen-bond donors (Lipinski definition) is 2. The summed E-state index contributed by atoms with van der Waals surface area (Å²) in [6.07, 6.45) is 1.65. The number of nitrogens with two attached hydrogens (primary N) is 1. The van der Waals surface area contributed by atoms with Gasteiger partial charge in [0, 0.05) is 23.9 Å². The van der Waals surface area contributed by atoms with Gasteiger partial charge in [-0.2, -0.15) is 0 Å². The van der Waals surface area contributed by atoms with Crippen LogP contribution in [0.25, 0.3) is 0 Å². The second-order valence-corrected chi connectivity index (χ2v) is 8.67. The highest BCUT2D eigenvalue weighted by atomic mass is 32.2. The van der Waals surface area contributed by atoms with Crippen molar-refractivity contribution in [1.82, 2.24) is 4.90 Å². The Hall–Kier alpha value is -2.31. The van der Waals surface area contributed by atoms with Crippen LogP contribution in [0.15, 0.2) is 48.5 Å². The second kappa shape index (κ2) is 10.5. The average molecular weight is 412 g/mol. The number of likely N-dealkylation sites (tertiary alicyclic amines) is 1. The molecule has 0 radical (unpaired) electrons. The summed E-state index contributed by atoms with van der Waals surface area (Å²) in [5.41, 5.74) is 9.87. The number of nitrogens with one attached hydrogen (secondary N) is 1. The molecule has 2 aromatic carbocycles.